The zero-order valence-electron chi connectivity index (χ0n) is 9.50. The molecule has 2 N–H and O–H groups in total. The molecule has 0 spiro atoms. The second-order valence-corrected chi connectivity index (χ2v) is 3.54. The Morgan fingerprint density at radius 2 is 2.00 bits per heavy atom. The molecule has 0 saturated heterocycles. The number of hydrogen-bond acceptors (Lipinski definition) is 4. The van der Waals surface area contributed by atoms with Crippen LogP contribution in [0, 0.1) is 5.82 Å². The van der Waals surface area contributed by atoms with E-state index >= 15 is 0 Å². The van der Waals surface area contributed by atoms with E-state index in [4.69, 9.17) is 5.11 Å². The molecule has 0 saturated carbocycles. The predicted molar refractivity (Wildman–Crippen MR) is 63.3 cm³/mol. The average Bonchev–Trinajstić information content (AvgIpc) is 2.39. The Hall–Kier alpha value is -2.83. The van der Waals surface area contributed by atoms with E-state index < -0.39 is 17.7 Å². The Kier molecular flexibility index (Phi) is 3.46. The van der Waals surface area contributed by atoms with Crippen LogP contribution in [0.25, 0.3) is 0 Å². The van der Waals surface area contributed by atoms with Crippen molar-refractivity contribution < 1.29 is 19.1 Å². The summed E-state index contributed by atoms with van der Waals surface area (Å²) in [6.07, 6.45) is 3.41. The van der Waals surface area contributed by atoms with Crippen LogP contribution in [0.3, 0.4) is 0 Å². The fourth-order valence-corrected chi connectivity index (χ4v) is 1.38. The number of nitrogens with one attached hydrogen (secondary N) is 1. The molecule has 0 unspecified atom stereocenters. The highest BCUT2D eigenvalue weighted by Crippen LogP contribution is 2.14. The van der Waals surface area contributed by atoms with Crippen LogP contribution in [0.2, 0.25) is 0 Å². The van der Waals surface area contributed by atoms with Gasteiger partial charge in [-0.2, -0.15) is 0 Å². The quantitative estimate of drug-likeness (QED) is 0.874. The van der Waals surface area contributed by atoms with Gasteiger partial charge in [-0.05, 0) is 18.2 Å². The number of nitrogens with zero attached hydrogens (tertiary/aromatic N) is 2. The predicted octanol–water partition coefficient (Wildman–Crippen LogP) is 1.57. The fourth-order valence-electron chi connectivity index (χ4n) is 1.38. The van der Waals surface area contributed by atoms with Crippen molar-refractivity contribution in [2.45, 2.75) is 0 Å². The van der Waals surface area contributed by atoms with Gasteiger partial charge in [0.05, 0.1) is 23.6 Å². The van der Waals surface area contributed by atoms with Crippen LogP contribution in [0.5, 0.6) is 0 Å². The van der Waals surface area contributed by atoms with E-state index in [2.05, 4.69) is 15.3 Å². The van der Waals surface area contributed by atoms with Crippen molar-refractivity contribution in [3.05, 3.63) is 53.9 Å². The molecule has 7 heteroatoms. The number of rotatable bonds is 3. The molecule has 0 aliphatic carbocycles. The van der Waals surface area contributed by atoms with Crippen molar-refractivity contribution in [3.63, 3.8) is 0 Å². The molecule has 0 fully saturated rings. The SMILES string of the molecule is O=C(Nc1cnccc1C(=O)O)c1ccc(F)cn1. The number of halogens is 1. The van der Waals surface area contributed by atoms with Crippen LogP contribution in [0.15, 0.2) is 36.8 Å². The van der Waals surface area contributed by atoms with Crippen LogP contribution < -0.4 is 5.32 Å². The van der Waals surface area contributed by atoms with E-state index in [9.17, 15) is 14.0 Å². The van der Waals surface area contributed by atoms with Gasteiger partial charge in [0.25, 0.3) is 5.91 Å². The van der Waals surface area contributed by atoms with Gasteiger partial charge < -0.3 is 10.4 Å². The number of amides is 1. The van der Waals surface area contributed by atoms with Crippen molar-refractivity contribution in [3.8, 4) is 0 Å². The molecule has 0 aliphatic rings. The summed E-state index contributed by atoms with van der Waals surface area (Å²) in [6, 6.07) is 3.54. The summed E-state index contributed by atoms with van der Waals surface area (Å²) in [4.78, 5) is 30.0. The van der Waals surface area contributed by atoms with Crippen molar-refractivity contribution in [2.24, 2.45) is 0 Å². The molecule has 1 amide bonds. The summed E-state index contributed by atoms with van der Waals surface area (Å²) < 4.78 is 12.7. The van der Waals surface area contributed by atoms with Gasteiger partial charge in [-0.15, -0.1) is 0 Å². The number of hydrogen-bond donors (Lipinski definition) is 2. The Balaban J connectivity index is 2.24. The third kappa shape index (κ3) is 2.89. The minimum Gasteiger partial charge on any atom is -0.478 e. The molecule has 2 rings (SSSR count). The largest absolute Gasteiger partial charge is 0.478 e. The maximum atomic E-state index is 12.7. The highest BCUT2D eigenvalue weighted by Gasteiger charge is 2.14. The summed E-state index contributed by atoms with van der Waals surface area (Å²) >= 11 is 0. The van der Waals surface area contributed by atoms with Gasteiger partial charge in [-0.1, -0.05) is 0 Å². The second kappa shape index (κ2) is 5.21. The van der Waals surface area contributed by atoms with Gasteiger partial charge in [0.15, 0.2) is 0 Å². The summed E-state index contributed by atoms with van der Waals surface area (Å²) in [5, 5.41) is 11.3. The van der Waals surface area contributed by atoms with Gasteiger partial charge in [0.2, 0.25) is 0 Å². The third-order valence-electron chi connectivity index (χ3n) is 2.26. The maximum absolute atomic E-state index is 12.7. The van der Waals surface area contributed by atoms with Gasteiger partial charge in [-0.25, -0.2) is 14.2 Å². The monoisotopic (exact) mass is 261 g/mol. The van der Waals surface area contributed by atoms with E-state index in [1.165, 1.54) is 24.5 Å². The van der Waals surface area contributed by atoms with Crippen molar-refractivity contribution in [2.75, 3.05) is 5.32 Å². The number of pyridine rings is 2. The number of aromatic carboxylic acids is 1. The lowest BCUT2D eigenvalue weighted by Gasteiger charge is -2.06. The number of aromatic nitrogens is 2. The summed E-state index contributed by atoms with van der Waals surface area (Å²) in [7, 11) is 0. The zero-order valence-corrected chi connectivity index (χ0v) is 9.50. The van der Waals surface area contributed by atoms with Crippen LogP contribution in [0.1, 0.15) is 20.8 Å². The Morgan fingerprint density at radius 1 is 1.21 bits per heavy atom. The molecule has 19 heavy (non-hydrogen) atoms. The van der Waals surface area contributed by atoms with E-state index in [1.54, 1.807) is 0 Å². The van der Waals surface area contributed by atoms with Gasteiger partial charge in [0, 0.05) is 6.20 Å². The molecule has 0 atom stereocenters. The first-order valence-electron chi connectivity index (χ1n) is 5.18. The maximum Gasteiger partial charge on any atom is 0.337 e. The highest BCUT2D eigenvalue weighted by atomic mass is 19.1. The molecule has 2 aromatic heterocycles. The molecule has 0 bridgehead atoms. The normalized spacial score (nSPS) is 9.95. The van der Waals surface area contributed by atoms with E-state index in [0.717, 1.165) is 12.3 Å². The number of carbonyl (C=O) groups is 2. The lowest BCUT2D eigenvalue weighted by Crippen LogP contribution is -2.16. The third-order valence-corrected chi connectivity index (χ3v) is 2.26. The number of carbonyl (C=O) groups excluding carboxylic acids is 1. The molecule has 0 aliphatic heterocycles. The van der Waals surface area contributed by atoms with Crippen LogP contribution in [-0.2, 0) is 0 Å². The first-order chi connectivity index (χ1) is 9.08. The minimum absolute atomic E-state index is 0.0263. The standard InChI is InChI=1S/C12H8FN3O3/c13-7-1-2-9(15-5-7)11(17)16-10-6-14-4-3-8(10)12(18)19/h1-6H,(H,16,17)(H,18,19). The van der Waals surface area contributed by atoms with E-state index in [1.807, 2.05) is 0 Å². The van der Waals surface area contributed by atoms with E-state index in [-0.39, 0.29) is 16.9 Å². The Morgan fingerprint density at radius 3 is 2.63 bits per heavy atom. The smallest absolute Gasteiger partial charge is 0.337 e. The van der Waals surface area contributed by atoms with Crippen molar-refractivity contribution in [1.82, 2.24) is 9.97 Å². The molecule has 2 aromatic rings. The molecule has 0 aromatic carbocycles. The van der Waals surface area contributed by atoms with E-state index in [0.29, 0.717) is 0 Å². The summed E-state index contributed by atoms with van der Waals surface area (Å²) in [5.41, 5.74) is -0.0711. The topological polar surface area (TPSA) is 92.2 Å². The number of carboxylic acids is 1. The molecule has 2 heterocycles. The summed E-state index contributed by atoms with van der Waals surface area (Å²) in [5.74, 6) is -2.40. The molecule has 96 valence electrons. The number of carboxylic acid groups (broad SMARTS) is 1. The van der Waals surface area contributed by atoms with Crippen LogP contribution in [-0.4, -0.2) is 27.0 Å². The lowest BCUT2D eigenvalue weighted by molar-refractivity contribution is 0.0698. The van der Waals surface area contributed by atoms with Crippen molar-refractivity contribution in [1.29, 1.82) is 0 Å². The first kappa shape index (κ1) is 12.6. The Bertz CT molecular complexity index is 628. The molecule has 6 nitrogen and oxygen atoms in total. The van der Waals surface area contributed by atoms with Gasteiger partial charge in [-0.3, -0.25) is 9.78 Å². The average molecular weight is 261 g/mol. The lowest BCUT2D eigenvalue weighted by atomic mass is 10.2. The van der Waals surface area contributed by atoms with Crippen molar-refractivity contribution >= 4 is 17.6 Å². The Labute approximate surface area is 106 Å². The number of anilines is 1. The minimum atomic E-state index is -1.19. The first-order valence-corrected chi connectivity index (χ1v) is 5.18. The molecular formula is C12H8FN3O3. The zero-order chi connectivity index (χ0) is 13.8. The second-order valence-electron chi connectivity index (χ2n) is 3.54. The van der Waals surface area contributed by atoms with Gasteiger partial charge in [0.1, 0.15) is 11.5 Å². The van der Waals surface area contributed by atoms with Gasteiger partial charge >= 0.3 is 5.97 Å². The fraction of sp³-hybridized carbons (Fsp3) is 0. The molecular weight excluding hydrogens is 253 g/mol. The molecule has 0 radical (unpaired) electrons. The van der Waals surface area contributed by atoms with Crippen LogP contribution in [0.4, 0.5) is 10.1 Å². The van der Waals surface area contributed by atoms with Crippen LogP contribution >= 0.6 is 0 Å². The highest BCUT2D eigenvalue weighted by molar-refractivity contribution is 6.06. The summed E-state index contributed by atoms with van der Waals surface area (Å²) in [6.45, 7) is 0.